The van der Waals surface area contributed by atoms with E-state index in [1.54, 1.807) is 24.3 Å². The van der Waals surface area contributed by atoms with E-state index in [1.807, 2.05) is 0 Å². The summed E-state index contributed by atoms with van der Waals surface area (Å²) in [5.41, 5.74) is 0.252. The summed E-state index contributed by atoms with van der Waals surface area (Å²) >= 11 is 3.29. The van der Waals surface area contributed by atoms with E-state index in [2.05, 4.69) is 30.9 Å². The number of hydrogen-bond acceptors (Lipinski definition) is 6. The summed E-state index contributed by atoms with van der Waals surface area (Å²) < 4.78 is 10.1. The van der Waals surface area contributed by atoms with Crippen LogP contribution in [0.5, 0.6) is 0 Å². The van der Waals surface area contributed by atoms with Crippen LogP contribution in [0.2, 0.25) is 0 Å². The number of hydrogen-bond donors (Lipinski definition) is 1. The van der Waals surface area contributed by atoms with Gasteiger partial charge in [0.15, 0.2) is 5.76 Å². The maximum Gasteiger partial charge on any atom is 0.362 e. The van der Waals surface area contributed by atoms with Gasteiger partial charge in [-0.05, 0) is 24.3 Å². The van der Waals surface area contributed by atoms with Crippen molar-refractivity contribution in [2.24, 2.45) is 10.2 Å². The summed E-state index contributed by atoms with van der Waals surface area (Å²) in [7, 11) is 2.58. The number of azo groups is 1. The monoisotopic (exact) mass is 328 g/mol. The second kappa shape index (κ2) is 7.65. The van der Waals surface area contributed by atoms with Crippen molar-refractivity contribution in [3.8, 4) is 0 Å². The highest BCUT2D eigenvalue weighted by molar-refractivity contribution is 9.10. The molecule has 0 amide bonds. The molecule has 0 bridgehead atoms. The van der Waals surface area contributed by atoms with Crippen LogP contribution in [0.1, 0.15) is 0 Å². The minimum absolute atomic E-state index is 0.149. The molecule has 1 aromatic rings. The Morgan fingerprint density at radius 2 is 1.95 bits per heavy atom. The van der Waals surface area contributed by atoms with Gasteiger partial charge >= 0.3 is 5.97 Å². The summed E-state index contributed by atoms with van der Waals surface area (Å²) in [5, 5.41) is 17.2. The third-order valence-electron chi connectivity index (χ3n) is 2.03. The average molecular weight is 329 g/mol. The normalized spacial score (nSPS) is 12.4. The van der Waals surface area contributed by atoms with Gasteiger partial charge in [-0.25, -0.2) is 4.79 Å². The van der Waals surface area contributed by atoms with Gasteiger partial charge < -0.3 is 14.6 Å². The Morgan fingerprint density at radius 1 is 1.32 bits per heavy atom. The van der Waals surface area contributed by atoms with Gasteiger partial charge in [0, 0.05) is 11.6 Å². The van der Waals surface area contributed by atoms with Crippen molar-refractivity contribution in [3.63, 3.8) is 0 Å². The van der Waals surface area contributed by atoms with Crippen molar-refractivity contribution < 1.29 is 19.4 Å². The number of aliphatic hydroxyl groups excluding tert-OH is 1. The molecule has 1 rings (SSSR count). The Morgan fingerprint density at radius 3 is 2.47 bits per heavy atom. The van der Waals surface area contributed by atoms with Gasteiger partial charge in [-0.2, -0.15) is 5.11 Å². The van der Waals surface area contributed by atoms with Crippen LogP contribution < -0.4 is 0 Å². The number of methoxy groups -OCH3 is 2. The fourth-order valence-corrected chi connectivity index (χ4v) is 1.40. The standard InChI is InChI=1S/C12H13BrN2O4/c1-18-7-10(16)11(12(17)19-2)15-14-9-5-3-8(13)4-6-9/h3-6,16H,7H2,1-2H3/b11-10+,15-14?. The predicted molar refractivity (Wildman–Crippen MR) is 72.2 cm³/mol. The zero-order chi connectivity index (χ0) is 14.3. The van der Waals surface area contributed by atoms with Gasteiger partial charge in [0.2, 0.25) is 5.70 Å². The Kier molecular flexibility index (Phi) is 6.17. The fraction of sp³-hybridized carbons (Fsp3) is 0.250. The number of carbonyl (C=O) groups is 1. The molecule has 0 aliphatic heterocycles. The van der Waals surface area contributed by atoms with Gasteiger partial charge in [0.1, 0.15) is 6.61 Å². The van der Waals surface area contributed by atoms with Crippen LogP contribution in [0.3, 0.4) is 0 Å². The van der Waals surface area contributed by atoms with Crippen molar-refractivity contribution in [2.75, 3.05) is 20.8 Å². The lowest BCUT2D eigenvalue weighted by Crippen LogP contribution is -2.08. The lowest BCUT2D eigenvalue weighted by atomic mass is 10.3. The maximum atomic E-state index is 11.4. The quantitative estimate of drug-likeness (QED) is 0.389. The van der Waals surface area contributed by atoms with Crippen molar-refractivity contribution in [2.45, 2.75) is 0 Å². The minimum atomic E-state index is -0.782. The number of rotatable bonds is 5. The molecule has 1 aromatic carbocycles. The summed E-state index contributed by atoms with van der Waals surface area (Å²) in [6.07, 6.45) is 0. The van der Waals surface area contributed by atoms with E-state index in [-0.39, 0.29) is 18.1 Å². The first kappa shape index (κ1) is 15.3. The van der Waals surface area contributed by atoms with Crippen LogP contribution in [0.25, 0.3) is 0 Å². The smallest absolute Gasteiger partial charge is 0.362 e. The number of nitrogens with zero attached hydrogens (tertiary/aromatic N) is 2. The van der Waals surface area contributed by atoms with Crippen LogP contribution >= 0.6 is 15.9 Å². The molecule has 0 radical (unpaired) electrons. The van der Waals surface area contributed by atoms with E-state index in [9.17, 15) is 9.90 Å². The molecular weight excluding hydrogens is 316 g/mol. The molecule has 1 N–H and O–H groups in total. The minimum Gasteiger partial charge on any atom is -0.507 e. The third kappa shape index (κ3) is 4.80. The number of aliphatic hydroxyl groups is 1. The highest BCUT2D eigenvalue weighted by atomic mass is 79.9. The largest absolute Gasteiger partial charge is 0.507 e. The fourth-order valence-electron chi connectivity index (χ4n) is 1.13. The SMILES string of the molecule is COC/C(O)=C(\N=Nc1ccc(Br)cc1)C(=O)OC. The van der Waals surface area contributed by atoms with Gasteiger partial charge in [-0.1, -0.05) is 15.9 Å². The molecular formula is C12H13BrN2O4. The van der Waals surface area contributed by atoms with Gasteiger partial charge in [-0.3, -0.25) is 0 Å². The van der Waals surface area contributed by atoms with E-state index >= 15 is 0 Å². The van der Waals surface area contributed by atoms with Gasteiger partial charge in [-0.15, -0.1) is 5.11 Å². The van der Waals surface area contributed by atoms with Crippen molar-refractivity contribution in [1.29, 1.82) is 0 Å². The molecule has 19 heavy (non-hydrogen) atoms. The first-order chi connectivity index (χ1) is 9.08. The topological polar surface area (TPSA) is 80.5 Å². The molecule has 6 nitrogen and oxygen atoms in total. The summed E-state index contributed by atoms with van der Waals surface area (Å²) in [5.74, 6) is -1.12. The molecule has 0 spiro atoms. The van der Waals surface area contributed by atoms with Crippen LogP contribution in [0, 0.1) is 0 Å². The molecule has 0 saturated carbocycles. The van der Waals surface area contributed by atoms with E-state index in [4.69, 9.17) is 4.74 Å². The molecule has 0 unspecified atom stereocenters. The highest BCUT2D eigenvalue weighted by Gasteiger charge is 2.15. The summed E-state index contributed by atoms with van der Waals surface area (Å²) in [4.78, 5) is 11.4. The molecule has 102 valence electrons. The Labute approximate surface area is 118 Å². The zero-order valence-electron chi connectivity index (χ0n) is 10.5. The van der Waals surface area contributed by atoms with Crippen LogP contribution in [0.15, 0.2) is 50.4 Å². The second-order valence-electron chi connectivity index (χ2n) is 3.40. The second-order valence-corrected chi connectivity index (χ2v) is 4.31. The Hall–Kier alpha value is -1.73. The van der Waals surface area contributed by atoms with Gasteiger partial charge in [0.25, 0.3) is 0 Å². The van der Waals surface area contributed by atoms with Crippen molar-refractivity contribution in [3.05, 3.63) is 40.2 Å². The lowest BCUT2D eigenvalue weighted by molar-refractivity contribution is -0.136. The van der Waals surface area contributed by atoms with E-state index < -0.39 is 5.97 Å². The average Bonchev–Trinajstić information content (AvgIpc) is 2.41. The summed E-state index contributed by atoms with van der Waals surface area (Å²) in [6, 6.07) is 6.97. The van der Waals surface area contributed by atoms with E-state index in [0.29, 0.717) is 5.69 Å². The highest BCUT2D eigenvalue weighted by Crippen LogP contribution is 2.18. The molecule has 0 fully saturated rings. The Balaban J connectivity index is 2.98. The predicted octanol–water partition coefficient (Wildman–Crippen LogP) is 3.12. The number of halogens is 1. The number of benzene rings is 1. The number of ether oxygens (including phenoxy) is 2. The third-order valence-corrected chi connectivity index (χ3v) is 2.55. The molecule has 7 heteroatoms. The molecule has 0 aromatic heterocycles. The van der Waals surface area contributed by atoms with Crippen LogP contribution in [-0.4, -0.2) is 31.9 Å². The molecule has 0 saturated heterocycles. The molecule has 0 aliphatic carbocycles. The lowest BCUT2D eigenvalue weighted by Gasteiger charge is -2.03. The first-order valence-corrected chi connectivity index (χ1v) is 6.04. The molecule has 0 atom stereocenters. The van der Waals surface area contributed by atoms with Crippen molar-refractivity contribution >= 4 is 27.6 Å². The Bertz CT molecular complexity index is 497. The molecule has 0 aliphatic rings. The van der Waals surface area contributed by atoms with Crippen LogP contribution in [-0.2, 0) is 14.3 Å². The number of esters is 1. The summed E-state index contributed by atoms with van der Waals surface area (Å²) in [6.45, 7) is -0.149. The van der Waals surface area contributed by atoms with E-state index in [1.165, 1.54) is 14.2 Å². The van der Waals surface area contributed by atoms with E-state index in [0.717, 1.165) is 4.47 Å². The molecule has 0 heterocycles. The maximum absolute atomic E-state index is 11.4. The van der Waals surface area contributed by atoms with Crippen LogP contribution in [0.4, 0.5) is 5.69 Å². The van der Waals surface area contributed by atoms with Crippen molar-refractivity contribution in [1.82, 2.24) is 0 Å². The number of carbonyl (C=O) groups excluding carboxylic acids is 1. The first-order valence-electron chi connectivity index (χ1n) is 5.25. The van der Waals surface area contributed by atoms with Gasteiger partial charge in [0.05, 0.1) is 12.8 Å². The zero-order valence-corrected chi connectivity index (χ0v) is 12.0.